The third-order valence-electron chi connectivity index (χ3n) is 6.30. The van der Waals surface area contributed by atoms with Crippen LogP contribution in [0, 0.1) is 11.7 Å². The molecule has 0 radical (unpaired) electrons. The summed E-state index contributed by atoms with van der Waals surface area (Å²) < 4.78 is 92.3. The predicted octanol–water partition coefficient (Wildman–Crippen LogP) is 3.63. The van der Waals surface area contributed by atoms with Crippen LogP contribution in [0.1, 0.15) is 32.7 Å². The van der Waals surface area contributed by atoms with Crippen molar-refractivity contribution in [2.75, 3.05) is 35.6 Å². The molecule has 40 heavy (non-hydrogen) atoms. The van der Waals surface area contributed by atoms with Crippen molar-refractivity contribution in [3.8, 4) is 11.3 Å². The number of anilines is 2. The number of piperidine rings is 1. The molecule has 1 aliphatic rings. The fraction of sp³-hybridized carbons (Fsp3) is 0.500. The van der Waals surface area contributed by atoms with Crippen LogP contribution < -0.4 is 20.9 Å². The van der Waals surface area contributed by atoms with Crippen LogP contribution in [0.5, 0.6) is 0 Å². The number of aromatic nitrogens is 4. The highest BCUT2D eigenvalue weighted by Gasteiger charge is 2.30. The fourth-order valence-electron chi connectivity index (χ4n) is 4.39. The summed E-state index contributed by atoms with van der Waals surface area (Å²) in [5.74, 6) is -2.27. The molecule has 0 saturated carbocycles. The van der Waals surface area contributed by atoms with Crippen LogP contribution in [-0.4, -0.2) is 65.7 Å². The van der Waals surface area contributed by atoms with Crippen molar-refractivity contribution in [1.82, 2.24) is 24.8 Å². The first-order chi connectivity index (χ1) is 18.8. The summed E-state index contributed by atoms with van der Waals surface area (Å²) in [6.45, 7) is 4.21. The van der Waals surface area contributed by atoms with Crippen LogP contribution in [0.2, 0.25) is 0 Å². The number of rotatable bonds is 9. The Balaban J connectivity index is 1.64. The Morgan fingerprint density at radius 3 is 2.60 bits per heavy atom. The van der Waals surface area contributed by atoms with E-state index < -0.39 is 58.2 Å². The molecule has 4 rings (SSSR count). The lowest BCUT2D eigenvalue weighted by molar-refractivity contribution is -0.129. The Kier molecular flexibility index (Phi) is 8.58. The number of hydrogen-bond donors (Lipinski definition) is 3. The number of fused-ring (bicyclic) bond motifs is 1. The molecular weight excluding hydrogens is 561 g/mol. The molecule has 1 aromatic carbocycles. The monoisotopic (exact) mass is 589 g/mol. The molecule has 2 atom stereocenters. The van der Waals surface area contributed by atoms with Crippen molar-refractivity contribution < 1.29 is 30.4 Å². The zero-order valence-electron chi connectivity index (χ0n) is 21.6. The van der Waals surface area contributed by atoms with Crippen molar-refractivity contribution in [2.45, 2.75) is 44.9 Å². The Labute approximate surface area is 226 Å². The molecule has 10 nitrogen and oxygen atoms in total. The molecule has 1 aliphatic heterocycles. The number of benzene rings is 1. The Morgan fingerprint density at radius 1 is 1.20 bits per heavy atom. The van der Waals surface area contributed by atoms with Crippen molar-refractivity contribution in [3.63, 3.8) is 0 Å². The SMILES string of the molecule is CC(C)n1c(=O)c(-c2ccc(NS(=O)(=O)CCC(F)(F)F)c(F)c2)nc2cnc(N[C@@H]3CNC[C@H](CF)C3)nc21. The van der Waals surface area contributed by atoms with Crippen LogP contribution >= 0.6 is 0 Å². The van der Waals surface area contributed by atoms with E-state index >= 15 is 0 Å². The first kappa shape index (κ1) is 29.6. The molecule has 0 bridgehead atoms. The summed E-state index contributed by atoms with van der Waals surface area (Å²) in [4.78, 5) is 26.5. The summed E-state index contributed by atoms with van der Waals surface area (Å²) in [5.41, 5.74) is -0.844. The van der Waals surface area contributed by atoms with E-state index in [0.29, 0.717) is 19.5 Å². The van der Waals surface area contributed by atoms with E-state index in [4.69, 9.17) is 0 Å². The number of sulfonamides is 1. The van der Waals surface area contributed by atoms with Gasteiger partial charge in [-0.1, -0.05) is 6.07 Å². The first-order valence-corrected chi connectivity index (χ1v) is 14.1. The summed E-state index contributed by atoms with van der Waals surface area (Å²) in [5, 5.41) is 6.31. The minimum absolute atomic E-state index is 0.0183. The molecule has 16 heteroatoms. The van der Waals surface area contributed by atoms with E-state index in [1.165, 1.54) is 16.8 Å². The maximum Gasteiger partial charge on any atom is 0.390 e. The zero-order chi connectivity index (χ0) is 29.2. The minimum Gasteiger partial charge on any atom is -0.350 e. The van der Waals surface area contributed by atoms with E-state index in [2.05, 4.69) is 25.6 Å². The second-order valence-corrected chi connectivity index (χ2v) is 11.7. The minimum atomic E-state index is -4.69. The number of halogens is 5. The molecule has 0 aliphatic carbocycles. The van der Waals surface area contributed by atoms with Gasteiger partial charge >= 0.3 is 6.18 Å². The van der Waals surface area contributed by atoms with Gasteiger partial charge < -0.3 is 10.6 Å². The highest BCUT2D eigenvalue weighted by Crippen LogP contribution is 2.26. The van der Waals surface area contributed by atoms with Gasteiger partial charge in [0.15, 0.2) is 5.65 Å². The lowest BCUT2D eigenvalue weighted by Gasteiger charge is -2.29. The highest BCUT2D eigenvalue weighted by atomic mass is 32.2. The van der Waals surface area contributed by atoms with Gasteiger partial charge in [-0.3, -0.25) is 18.5 Å². The van der Waals surface area contributed by atoms with Gasteiger partial charge in [0.2, 0.25) is 16.0 Å². The molecule has 0 amide bonds. The summed E-state index contributed by atoms with van der Waals surface area (Å²) in [7, 11) is -4.48. The van der Waals surface area contributed by atoms with Crippen LogP contribution in [0.4, 0.5) is 33.6 Å². The highest BCUT2D eigenvalue weighted by molar-refractivity contribution is 7.92. The van der Waals surface area contributed by atoms with Gasteiger partial charge in [-0.15, -0.1) is 0 Å². The van der Waals surface area contributed by atoms with Crippen molar-refractivity contribution in [1.29, 1.82) is 0 Å². The second-order valence-electron chi connectivity index (χ2n) is 9.87. The van der Waals surface area contributed by atoms with Gasteiger partial charge in [0.05, 0.1) is 30.7 Å². The second kappa shape index (κ2) is 11.6. The van der Waals surface area contributed by atoms with Gasteiger partial charge in [0.1, 0.15) is 17.0 Å². The smallest absolute Gasteiger partial charge is 0.350 e. The van der Waals surface area contributed by atoms with Crippen LogP contribution in [0.3, 0.4) is 0 Å². The predicted molar refractivity (Wildman–Crippen MR) is 140 cm³/mol. The van der Waals surface area contributed by atoms with E-state index in [1.807, 2.05) is 0 Å². The molecule has 1 fully saturated rings. The zero-order valence-corrected chi connectivity index (χ0v) is 22.4. The molecule has 2 aromatic heterocycles. The summed E-state index contributed by atoms with van der Waals surface area (Å²) >= 11 is 0. The van der Waals surface area contributed by atoms with Gasteiger partial charge in [0.25, 0.3) is 5.56 Å². The molecule has 1 saturated heterocycles. The molecule has 218 valence electrons. The number of nitrogens with zero attached hydrogens (tertiary/aromatic N) is 4. The Hall–Kier alpha value is -3.40. The molecule has 0 unspecified atom stereocenters. The van der Waals surface area contributed by atoms with Crippen LogP contribution in [-0.2, 0) is 10.0 Å². The lowest BCUT2D eigenvalue weighted by Crippen LogP contribution is -2.44. The maximum atomic E-state index is 14.8. The lowest BCUT2D eigenvalue weighted by atomic mass is 9.97. The number of alkyl halides is 4. The van der Waals surface area contributed by atoms with Crippen molar-refractivity contribution in [3.05, 3.63) is 40.6 Å². The largest absolute Gasteiger partial charge is 0.390 e. The van der Waals surface area contributed by atoms with E-state index in [0.717, 1.165) is 12.1 Å². The average Bonchev–Trinajstić information content (AvgIpc) is 2.88. The Morgan fingerprint density at radius 2 is 1.95 bits per heavy atom. The molecule has 3 N–H and O–H groups in total. The Bertz CT molecular complexity index is 1550. The third kappa shape index (κ3) is 7.02. The number of hydrogen-bond acceptors (Lipinski definition) is 8. The topological polar surface area (TPSA) is 131 Å². The number of nitrogens with one attached hydrogen (secondary N) is 3. The molecule has 3 heterocycles. The van der Waals surface area contributed by atoms with Crippen molar-refractivity contribution in [2.24, 2.45) is 5.92 Å². The van der Waals surface area contributed by atoms with E-state index in [1.54, 1.807) is 18.6 Å². The third-order valence-corrected chi connectivity index (χ3v) is 7.58. The maximum absolute atomic E-state index is 14.8. The quantitative estimate of drug-likeness (QED) is 0.323. The fourth-order valence-corrected chi connectivity index (χ4v) is 5.50. The van der Waals surface area contributed by atoms with Gasteiger partial charge in [-0.25, -0.2) is 22.8 Å². The summed E-state index contributed by atoms with van der Waals surface area (Å²) in [6.07, 6.45) is -4.30. The first-order valence-electron chi connectivity index (χ1n) is 12.5. The summed E-state index contributed by atoms with van der Waals surface area (Å²) in [6, 6.07) is 2.60. The average molecular weight is 590 g/mol. The normalized spacial score (nSPS) is 18.3. The van der Waals surface area contributed by atoms with Crippen LogP contribution in [0.15, 0.2) is 29.2 Å². The molecule has 3 aromatic rings. The van der Waals surface area contributed by atoms with Gasteiger partial charge in [-0.05, 0) is 32.4 Å². The molecular formula is C24H28F5N7O3S. The van der Waals surface area contributed by atoms with E-state index in [-0.39, 0.29) is 40.3 Å². The van der Waals surface area contributed by atoms with Crippen molar-refractivity contribution >= 4 is 32.8 Å². The standard InChI is InChI=1S/C24H28F5N7O3S/c1-13(2)36-21-19(12-31-23(34-21)32-16-7-14(9-25)10-30-11-16)33-20(22(36)37)15-3-4-18(17(26)8-15)35-40(38,39)6-5-24(27,28)29/h3-4,8,12-14,16,30,35H,5-7,9-11H2,1-2H3,(H,31,32,34)/t14-,16-/m0/s1. The van der Waals surface area contributed by atoms with E-state index in [9.17, 15) is 35.2 Å². The van der Waals surface area contributed by atoms with Crippen LogP contribution in [0.25, 0.3) is 22.4 Å². The molecule has 0 spiro atoms. The van der Waals surface area contributed by atoms with Gasteiger partial charge in [0, 0.05) is 36.7 Å². The van der Waals surface area contributed by atoms with Gasteiger partial charge in [-0.2, -0.15) is 18.2 Å².